The lowest BCUT2D eigenvalue weighted by Gasteiger charge is -2.31. The molecule has 3 aromatic rings. The minimum atomic E-state index is -0.265. The molecule has 0 amide bonds. The summed E-state index contributed by atoms with van der Waals surface area (Å²) in [6.45, 7) is 6.20. The van der Waals surface area contributed by atoms with E-state index in [-0.39, 0.29) is 12.0 Å². The van der Waals surface area contributed by atoms with Crippen LogP contribution in [0.1, 0.15) is 28.6 Å². The minimum Gasteiger partial charge on any atom is -0.359 e. The van der Waals surface area contributed by atoms with Gasteiger partial charge in [-0.25, -0.2) is 9.07 Å². The second kappa shape index (κ2) is 5.45. The average molecular weight is 386 g/mol. The molecule has 2 heterocycles. The van der Waals surface area contributed by atoms with Gasteiger partial charge in [0.1, 0.15) is 12.0 Å². The summed E-state index contributed by atoms with van der Waals surface area (Å²) >= 11 is 3.28. The van der Waals surface area contributed by atoms with Crippen LogP contribution in [0.25, 0.3) is 11.3 Å². The van der Waals surface area contributed by atoms with E-state index in [9.17, 15) is 4.39 Å². The van der Waals surface area contributed by atoms with E-state index in [1.165, 1.54) is 17.2 Å². The van der Waals surface area contributed by atoms with Crippen molar-refractivity contribution < 1.29 is 4.39 Å². The Labute approximate surface area is 148 Å². The number of benzene rings is 2. The van der Waals surface area contributed by atoms with Crippen molar-refractivity contribution in [1.29, 1.82) is 0 Å². The lowest BCUT2D eigenvalue weighted by molar-refractivity contribution is 0.566. The highest BCUT2D eigenvalue weighted by Gasteiger charge is 2.28. The van der Waals surface area contributed by atoms with E-state index in [1.54, 1.807) is 6.07 Å². The maximum Gasteiger partial charge on any atom is 0.147 e. The quantitative estimate of drug-likeness (QED) is 0.611. The second-order valence-electron chi connectivity index (χ2n) is 6.34. The molecule has 1 aliphatic heterocycles. The lowest BCUT2D eigenvalue weighted by Crippen LogP contribution is -2.26. The Balaban J connectivity index is 1.93. The number of hydrogen-bond donors (Lipinski definition) is 1. The summed E-state index contributed by atoms with van der Waals surface area (Å²) in [5.74, 6) is -0.265. The van der Waals surface area contributed by atoms with Gasteiger partial charge in [0.25, 0.3) is 0 Å². The van der Waals surface area contributed by atoms with Crippen LogP contribution in [-0.4, -0.2) is 9.78 Å². The summed E-state index contributed by atoms with van der Waals surface area (Å²) in [5, 5.41) is 8.25. The van der Waals surface area contributed by atoms with E-state index in [0.29, 0.717) is 4.47 Å². The molecule has 4 rings (SSSR count). The third kappa shape index (κ3) is 2.35. The molecule has 1 unspecified atom stereocenters. The van der Waals surface area contributed by atoms with Gasteiger partial charge >= 0.3 is 0 Å². The fourth-order valence-electron chi connectivity index (χ4n) is 3.38. The number of aryl methyl sites for hydroxylation is 3. The number of halogens is 2. The van der Waals surface area contributed by atoms with Gasteiger partial charge in [0.2, 0.25) is 0 Å². The van der Waals surface area contributed by atoms with Crippen LogP contribution in [0.3, 0.4) is 0 Å². The highest BCUT2D eigenvalue weighted by molar-refractivity contribution is 9.10. The SMILES string of the molecule is Cc1cc(C)c2c(c1)-c1cc(C)nn1C(c1ccc(F)c(Br)c1)N2. The third-order valence-corrected chi connectivity index (χ3v) is 5.01. The van der Waals surface area contributed by atoms with E-state index in [2.05, 4.69) is 58.4 Å². The Morgan fingerprint density at radius 2 is 1.92 bits per heavy atom. The largest absolute Gasteiger partial charge is 0.359 e. The number of nitrogens with one attached hydrogen (secondary N) is 1. The van der Waals surface area contributed by atoms with E-state index >= 15 is 0 Å². The van der Waals surface area contributed by atoms with Crippen molar-refractivity contribution in [3.8, 4) is 11.3 Å². The molecular weight excluding hydrogens is 369 g/mol. The fraction of sp³-hybridized carbons (Fsp3) is 0.211. The monoisotopic (exact) mass is 385 g/mol. The van der Waals surface area contributed by atoms with Gasteiger partial charge in [0.15, 0.2) is 0 Å². The van der Waals surface area contributed by atoms with Crippen LogP contribution in [0.4, 0.5) is 10.1 Å². The minimum absolute atomic E-state index is 0.167. The number of nitrogens with zero attached hydrogens (tertiary/aromatic N) is 2. The van der Waals surface area contributed by atoms with Crippen LogP contribution < -0.4 is 5.32 Å². The third-order valence-electron chi connectivity index (χ3n) is 4.40. The normalized spacial score (nSPS) is 15.6. The van der Waals surface area contributed by atoms with Crippen LogP contribution in [-0.2, 0) is 0 Å². The molecule has 0 aliphatic carbocycles. The Kier molecular flexibility index (Phi) is 3.49. The number of aromatic nitrogens is 2. The molecule has 0 fully saturated rings. The van der Waals surface area contributed by atoms with Gasteiger partial charge in [-0.2, -0.15) is 5.10 Å². The lowest BCUT2D eigenvalue weighted by atomic mass is 9.98. The Morgan fingerprint density at radius 1 is 1.12 bits per heavy atom. The molecule has 1 atom stereocenters. The number of hydrogen-bond acceptors (Lipinski definition) is 2. The standard InChI is InChI=1S/C19H17BrFN3/c1-10-6-11(2)18-14(7-10)17-8-12(3)23-24(17)19(22-18)13-4-5-16(21)15(20)9-13/h4-9,19,22H,1-3H3. The van der Waals surface area contributed by atoms with E-state index in [0.717, 1.165) is 28.2 Å². The summed E-state index contributed by atoms with van der Waals surface area (Å²) in [7, 11) is 0. The molecule has 0 radical (unpaired) electrons. The molecular formula is C19H17BrFN3. The average Bonchev–Trinajstić information content (AvgIpc) is 2.91. The summed E-state index contributed by atoms with van der Waals surface area (Å²) in [6, 6.07) is 11.5. The van der Waals surface area contributed by atoms with Gasteiger partial charge in [-0.3, -0.25) is 0 Å². The molecule has 0 saturated carbocycles. The van der Waals surface area contributed by atoms with Gasteiger partial charge < -0.3 is 5.32 Å². The van der Waals surface area contributed by atoms with Crippen molar-refractivity contribution in [2.45, 2.75) is 26.9 Å². The maximum atomic E-state index is 13.6. The van der Waals surface area contributed by atoms with Gasteiger partial charge in [-0.05, 0) is 72.1 Å². The molecule has 0 saturated heterocycles. The van der Waals surface area contributed by atoms with Crippen molar-refractivity contribution in [3.63, 3.8) is 0 Å². The topological polar surface area (TPSA) is 29.9 Å². The predicted octanol–water partition coefficient (Wildman–Crippen LogP) is 5.35. The zero-order valence-electron chi connectivity index (χ0n) is 13.7. The first kappa shape index (κ1) is 15.4. The summed E-state index contributed by atoms with van der Waals surface area (Å²) in [6.07, 6.45) is -0.167. The van der Waals surface area contributed by atoms with Crippen LogP contribution in [0, 0.1) is 26.6 Å². The Hall–Kier alpha value is -2.14. The van der Waals surface area contributed by atoms with Gasteiger partial charge in [-0.15, -0.1) is 0 Å². The summed E-state index contributed by atoms with van der Waals surface area (Å²) < 4.78 is 16.1. The smallest absolute Gasteiger partial charge is 0.147 e. The van der Waals surface area contributed by atoms with Gasteiger partial charge in [0, 0.05) is 11.3 Å². The molecule has 122 valence electrons. The first-order chi connectivity index (χ1) is 11.4. The highest BCUT2D eigenvalue weighted by Crippen LogP contribution is 2.41. The Morgan fingerprint density at radius 3 is 2.67 bits per heavy atom. The maximum absolute atomic E-state index is 13.6. The predicted molar refractivity (Wildman–Crippen MR) is 97.7 cm³/mol. The highest BCUT2D eigenvalue weighted by atomic mass is 79.9. The van der Waals surface area contributed by atoms with E-state index in [1.807, 2.05) is 17.7 Å². The Bertz CT molecular complexity index is 961. The van der Waals surface area contributed by atoms with Crippen molar-refractivity contribution in [3.05, 3.63) is 69.1 Å². The van der Waals surface area contributed by atoms with Crippen molar-refractivity contribution in [2.24, 2.45) is 0 Å². The zero-order chi connectivity index (χ0) is 17.0. The number of fused-ring (bicyclic) bond motifs is 3. The van der Waals surface area contributed by atoms with Crippen LogP contribution >= 0.6 is 15.9 Å². The number of rotatable bonds is 1. The van der Waals surface area contributed by atoms with Gasteiger partial charge in [0.05, 0.1) is 15.9 Å². The zero-order valence-corrected chi connectivity index (χ0v) is 15.3. The van der Waals surface area contributed by atoms with Gasteiger partial charge in [-0.1, -0.05) is 17.7 Å². The molecule has 24 heavy (non-hydrogen) atoms. The molecule has 1 aromatic heterocycles. The van der Waals surface area contributed by atoms with E-state index < -0.39 is 0 Å². The first-order valence-corrected chi connectivity index (χ1v) is 8.62. The second-order valence-corrected chi connectivity index (χ2v) is 7.19. The molecule has 1 aliphatic rings. The van der Waals surface area contributed by atoms with Crippen molar-refractivity contribution in [2.75, 3.05) is 5.32 Å². The van der Waals surface area contributed by atoms with Crippen molar-refractivity contribution in [1.82, 2.24) is 9.78 Å². The molecule has 3 nitrogen and oxygen atoms in total. The van der Waals surface area contributed by atoms with Crippen molar-refractivity contribution >= 4 is 21.6 Å². The van der Waals surface area contributed by atoms with Crippen LogP contribution in [0.15, 0.2) is 40.9 Å². The summed E-state index contributed by atoms with van der Waals surface area (Å²) in [4.78, 5) is 0. The van der Waals surface area contributed by atoms with Crippen LogP contribution in [0.5, 0.6) is 0 Å². The molecule has 0 bridgehead atoms. The van der Waals surface area contributed by atoms with E-state index in [4.69, 9.17) is 0 Å². The molecule has 5 heteroatoms. The fourth-order valence-corrected chi connectivity index (χ4v) is 3.78. The summed E-state index contributed by atoms with van der Waals surface area (Å²) in [5.41, 5.74) is 7.69. The first-order valence-electron chi connectivity index (χ1n) is 7.83. The molecule has 0 spiro atoms. The van der Waals surface area contributed by atoms with Crippen LogP contribution in [0.2, 0.25) is 0 Å². The molecule has 1 N–H and O–H groups in total. The molecule has 2 aromatic carbocycles. The number of anilines is 1.